The predicted molar refractivity (Wildman–Crippen MR) is 74.8 cm³/mol. The average Bonchev–Trinajstić information content (AvgIpc) is 2.83. The summed E-state index contributed by atoms with van der Waals surface area (Å²) in [5.74, 6) is 0. The lowest BCUT2D eigenvalue weighted by Gasteiger charge is -2.29. The van der Waals surface area contributed by atoms with Crippen LogP contribution in [-0.4, -0.2) is 56.6 Å². The minimum Gasteiger partial charge on any atom is -0.352 e. The first-order valence-corrected chi connectivity index (χ1v) is 7.49. The van der Waals surface area contributed by atoms with Crippen LogP contribution in [0.5, 0.6) is 0 Å². The van der Waals surface area contributed by atoms with E-state index in [4.69, 9.17) is 9.47 Å². The average molecular weight is 258 g/mol. The van der Waals surface area contributed by atoms with Gasteiger partial charge in [0.15, 0.2) is 6.29 Å². The lowest BCUT2D eigenvalue weighted by atomic mass is 10.2. The Morgan fingerprint density at radius 3 is 2.44 bits per heavy atom. The van der Waals surface area contributed by atoms with Gasteiger partial charge < -0.3 is 14.8 Å². The van der Waals surface area contributed by atoms with Crippen molar-refractivity contribution in [3.05, 3.63) is 0 Å². The maximum absolute atomic E-state index is 5.64. The Morgan fingerprint density at radius 1 is 1.22 bits per heavy atom. The lowest BCUT2D eigenvalue weighted by molar-refractivity contribution is -0.147. The highest BCUT2D eigenvalue weighted by Crippen LogP contribution is 2.09. The van der Waals surface area contributed by atoms with Gasteiger partial charge in [-0.15, -0.1) is 0 Å². The van der Waals surface area contributed by atoms with Gasteiger partial charge in [0.1, 0.15) is 0 Å². The molecule has 1 N–H and O–H groups in total. The zero-order valence-electron chi connectivity index (χ0n) is 12.3. The van der Waals surface area contributed by atoms with Crippen molar-refractivity contribution in [1.29, 1.82) is 0 Å². The molecule has 1 rings (SSSR count). The van der Waals surface area contributed by atoms with Gasteiger partial charge in [-0.3, -0.25) is 4.90 Å². The molecule has 0 bridgehead atoms. The molecule has 0 aromatic rings. The van der Waals surface area contributed by atoms with E-state index >= 15 is 0 Å². The first kappa shape index (κ1) is 15.9. The van der Waals surface area contributed by atoms with E-state index in [1.165, 1.54) is 25.8 Å². The van der Waals surface area contributed by atoms with E-state index in [0.717, 1.165) is 19.6 Å². The Morgan fingerprint density at radius 2 is 1.94 bits per heavy atom. The summed E-state index contributed by atoms with van der Waals surface area (Å²) < 4.78 is 11.3. The number of rotatable bonds is 10. The van der Waals surface area contributed by atoms with E-state index in [0.29, 0.717) is 19.3 Å². The maximum atomic E-state index is 5.64. The molecule has 1 unspecified atom stereocenters. The highest BCUT2D eigenvalue weighted by molar-refractivity contribution is 4.78. The Balaban J connectivity index is 2.37. The molecule has 1 aliphatic rings. The van der Waals surface area contributed by atoms with Crippen LogP contribution in [0.1, 0.15) is 40.0 Å². The number of hydrogen-bond acceptors (Lipinski definition) is 4. The van der Waals surface area contributed by atoms with Crippen LogP contribution >= 0.6 is 0 Å². The van der Waals surface area contributed by atoms with Crippen molar-refractivity contribution >= 4 is 0 Å². The van der Waals surface area contributed by atoms with Crippen molar-refractivity contribution in [3.8, 4) is 0 Å². The number of hydrogen-bond donors (Lipinski definition) is 1. The van der Waals surface area contributed by atoms with Gasteiger partial charge in [-0.25, -0.2) is 0 Å². The normalized spacial score (nSPS) is 20.2. The van der Waals surface area contributed by atoms with Gasteiger partial charge in [-0.2, -0.15) is 0 Å². The molecule has 0 aromatic carbocycles. The Labute approximate surface area is 112 Å². The summed E-state index contributed by atoms with van der Waals surface area (Å²) in [7, 11) is 0. The zero-order valence-corrected chi connectivity index (χ0v) is 12.3. The van der Waals surface area contributed by atoms with Crippen LogP contribution in [0.25, 0.3) is 0 Å². The van der Waals surface area contributed by atoms with E-state index in [1.54, 1.807) is 0 Å². The highest BCUT2D eigenvalue weighted by Gasteiger charge is 2.20. The Bertz CT molecular complexity index is 190. The van der Waals surface area contributed by atoms with Gasteiger partial charge in [0.2, 0.25) is 0 Å². The van der Waals surface area contributed by atoms with E-state index in [-0.39, 0.29) is 6.29 Å². The highest BCUT2D eigenvalue weighted by atomic mass is 16.7. The summed E-state index contributed by atoms with van der Waals surface area (Å²) >= 11 is 0. The molecule has 0 spiro atoms. The van der Waals surface area contributed by atoms with Crippen LogP contribution < -0.4 is 5.32 Å². The zero-order chi connectivity index (χ0) is 13.2. The molecule has 0 saturated carbocycles. The molecular formula is C14H30N2O2. The van der Waals surface area contributed by atoms with Crippen LogP contribution in [0.4, 0.5) is 0 Å². The molecule has 0 aliphatic carbocycles. The molecule has 4 heteroatoms. The van der Waals surface area contributed by atoms with E-state index in [2.05, 4.69) is 17.1 Å². The Kier molecular flexibility index (Phi) is 8.59. The van der Waals surface area contributed by atoms with Gasteiger partial charge in [0, 0.05) is 32.3 Å². The first-order valence-electron chi connectivity index (χ1n) is 7.49. The second-order valence-electron chi connectivity index (χ2n) is 4.89. The fourth-order valence-corrected chi connectivity index (χ4v) is 2.53. The summed E-state index contributed by atoms with van der Waals surface area (Å²) in [6.45, 7) is 12.0. The molecule has 1 aliphatic heterocycles. The molecule has 0 radical (unpaired) electrons. The molecule has 108 valence electrons. The lowest BCUT2D eigenvalue weighted by Crippen LogP contribution is -2.43. The molecule has 1 atom stereocenters. The standard InChI is InChI=1S/C14H30N2O2/c1-4-10-16(11-13-8-7-9-15-13)12-14(17-5-2)18-6-3/h13-15H,4-12H2,1-3H3. The van der Waals surface area contributed by atoms with Gasteiger partial charge in [0.25, 0.3) is 0 Å². The topological polar surface area (TPSA) is 33.7 Å². The second kappa shape index (κ2) is 9.73. The third-order valence-corrected chi connectivity index (χ3v) is 3.29. The minimum atomic E-state index is -0.0760. The molecule has 0 aromatic heterocycles. The van der Waals surface area contributed by atoms with Gasteiger partial charge in [0.05, 0.1) is 0 Å². The summed E-state index contributed by atoms with van der Waals surface area (Å²) in [6.07, 6.45) is 3.71. The third kappa shape index (κ3) is 6.14. The summed E-state index contributed by atoms with van der Waals surface area (Å²) in [5, 5.41) is 3.56. The van der Waals surface area contributed by atoms with Crippen molar-refractivity contribution in [2.45, 2.75) is 52.4 Å². The third-order valence-electron chi connectivity index (χ3n) is 3.29. The molecule has 1 heterocycles. The van der Waals surface area contributed by atoms with Crippen molar-refractivity contribution in [3.63, 3.8) is 0 Å². The van der Waals surface area contributed by atoms with E-state index in [9.17, 15) is 0 Å². The van der Waals surface area contributed by atoms with Crippen molar-refractivity contribution in [1.82, 2.24) is 10.2 Å². The molecular weight excluding hydrogens is 228 g/mol. The minimum absolute atomic E-state index is 0.0760. The largest absolute Gasteiger partial charge is 0.352 e. The molecule has 4 nitrogen and oxygen atoms in total. The van der Waals surface area contributed by atoms with Crippen LogP contribution in [0.15, 0.2) is 0 Å². The molecule has 1 fully saturated rings. The smallest absolute Gasteiger partial charge is 0.170 e. The fraction of sp³-hybridized carbons (Fsp3) is 1.00. The first-order chi connectivity index (χ1) is 8.80. The maximum Gasteiger partial charge on any atom is 0.170 e. The SMILES string of the molecule is CCCN(CC1CCCN1)CC(OCC)OCC. The van der Waals surface area contributed by atoms with Crippen molar-refractivity contribution in [2.75, 3.05) is 39.4 Å². The molecule has 1 saturated heterocycles. The quantitative estimate of drug-likeness (QED) is 0.606. The van der Waals surface area contributed by atoms with E-state index in [1.807, 2.05) is 13.8 Å². The van der Waals surface area contributed by atoms with Gasteiger partial charge in [-0.05, 0) is 46.2 Å². The summed E-state index contributed by atoms with van der Waals surface area (Å²) in [5.41, 5.74) is 0. The summed E-state index contributed by atoms with van der Waals surface area (Å²) in [4.78, 5) is 2.47. The van der Waals surface area contributed by atoms with Gasteiger partial charge in [-0.1, -0.05) is 6.92 Å². The van der Waals surface area contributed by atoms with Gasteiger partial charge >= 0.3 is 0 Å². The Hall–Kier alpha value is -0.160. The summed E-state index contributed by atoms with van der Waals surface area (Å²) in [6, 6.07) is 0.653. The number of nitrogens with zero attached hydrogens (tertiary/aromatic N) is 1. The fourth-order valence-electron chi connectivity index (χ4n) is 2.53. The molecule has 18 heavy (non-hydrogen) atoms. The van der Waals surface area contributed by atoms with Crippen LogP contribution in [0.2, 0.25) is 0 Å². The van der Waals surface area contributed by atoms with E-state index < -0.39 is 0 Å². The predicted octanol–water partition coefficient (Wildman–Crippen LogP) is 1.85. The van der Waals surface area contributed by atoms with Crippen LogP contribution in [-0.2, 0) is 9.47 Å². The van der Waals surface area contributed by atoms with Crippen LogP contribution in [0.3, 0.4) is 0 Å². The number of ether oxygens (including phenoxy) is 2. The monoisotopic (exact) mass is 258 g/mol. The number of nitrogens with one attached hydrogen (secondary N) is 1. The van der Waals surface area contributed by atoms with Crippen molar-refractivity contribution in [2.24, 2.45) is 0 Å². The second-order valence-corrected chi connectivity index (χ2v) is 4.89. The van der Waals surface area contributed by atoms with Crippen LogP contribution in [0, 0.1) is 0 Å². The van der Waals surface area contributed by atoms with Crippen molar-refractivity contribution < 1.29 is 9.47 Å². The molecule has 0 amide bonds.